The maximum absolute atomic E-state index is 13.1. The first-order valence-corrected chi connectivity index (χ1v) is 11.6. The second-order valence-corrected chi connectivity index (χ2v) is 9.30. The smallest absolute Gasteiger partial charge is 0.248 e. The Morgan fingerprint density at radius 1 is 1.21 bits per heavy atom. The number of benzene rings is 2. The van der Waals surface area contributed by atoms with Crippen LogP contribution >= 0.6 is 11.6 Å². The fraction of sp³-hybridized carbons (Fsp3) is 0.381. The Kier molecular flexibility index (Phi) is 7.54. The molecule has 0 unspecified atom stereocenters. The summed E-state index contributed by atoms with van der Waals surface area (Å²) in [5, 5.41) is 3.16. The number of methoxy groups -OCH3 is 1. The van der Waals surface area contributed by atoms with Crippen LogP contribution in [0.5, 0.6) is 5.75 Å². The number of para-hydroxylation sites is 1. The van der Waals surface area contributed by atoms with Crippen molar-refractivity contribution in [3.8, 4) is 5.75 Å². The summed E-state index contributed by atoms with van der Waals surface area (Å²) in [6, 6.07) is 11.2. The summed E-state index contributed by atoms with van der Waals surface area (Å²) in [6.45, 7) is 5.83. The molecular formula is C21H27ClN2O4S. The average molecular weight is 439 g/mol. The van der Waals surface area contributed by atoms with Gasteiger partial charge in [0.1, 0.15) is 11.8 Å². The molecule has 2 rings (SSSR count). The van der Waals surface area contributed by atoms with Crippen molar-refractivity contribution >= 4 is 38.9 Å². The van der Waals surface area contributed by atoms with Crippen molar-refractivity contribution in [2.45, 2.75) is 39.2 Å². The molecule has 0 aliphatic heterocycles. The number of carbonyl (C=O) groups is 1. The molecule has 158 valence electrons. The molecule has 0 saturated heterocycles. The Bertz CT molecular complexity index is 976. The Hall–Kier alpha value is -2.25. The van der Waals surface area contributed by atoms with Crippen LogP contribution in [-0.4, -0.2) is 33.7 Å². The Balaban J connectivity index is 2.44. The third-order valence-electron chi connectivity index (χ3n) is 4.56. The normalized spacial score (nSPS) is 12.5. The summed E-state index contributed by atoms with van der Waals surface area (Å²) in [4.78, 5) is 13.1. The quantitative estimate of drug-likeness (QED) is 0.650. The first-order valence-electron chi connectivity index (χ1n) is 9.32. The zero-order chi connectivity index (χ0) is 21.8. The zero-order valence-electron chi connectivity index (χ0n) is 17.3. The first-order chi connectivity index (χ1) is 13.6. The minimum Gasteiger partial charge on any atom is -0.495 e. The Morgan fingerprint density at radius 2 is 1.86 bits per heavy atom. The van der Waals surface area contributed by atoms with Gasteiger partial charge in [-0.25, -0.2) is 8.42 Å². The van der Waals surface area contributed by atoms with Gasteiger partial charge in [-0.3, -0.25) is 9.10 Å². The highest BCUT2D eigenvalue weighted by Gasteiger charge is 2.32. The predicted octanol–water partition coefficient (Wildman–Crippen LogP) is 4.66. The van der Waals surface area contributed by atoms with Gasteiger partial charge < -0.3 is 10.1 Å². The number of sulfonamides is 1. The van der Waals surface area contributed by atoms with E-state index in [9.17, 15) is 13.2 Å². The molecule has 1 amide bonds. The molecule has 1 N–H and O–H groups in total. The van der Waals surface area contributed by atoms with E-state index in [2.05, 4.69) is 5.32 Å². The summed E-state index contributed by atoms with van der Waals surface area (Å²) >= 11 is 6.19. The van der Waals surface area contributed by atoms with Gasteiger partial charge in [0.25, 0.3) is 0 Å². The molecule has 0 bridgehead atoms. The number of hydrogen-bond donors (Lipinski definition) is 1. The lowest BCUT2D eigenvalue weighted by atomic mass is 10.0. The molecule has 0 saturated carbocycles. The van der Waals surface area contributed by atoms with Crippen molar-refractivity contribution in [2.75, 3.05) is 23.0 Å². The Morgan fingerprint density at radius 3 is 2.38 bits per heavy atom. The van der Waals surface area contributed by atoms with Crippen LogP contribution in [0.1, 0.15) is 38.7 Å². The van der Waals surface area contributed by atoms with E-state index in [-0.39, 0.29) is 17.4 Å². The second kappa shape index (κ2) is 9.50. The molecule has 0 spiro atoms. The van der Waals surface area contributed by atoms with Gasteiger partial charge in [-0.05, 0) is 42.2 Å². The number of hydrogen-bond acceptors (Lipinski definition) is 4. The lowest BCUT2D eigenvalue weighted by molar-refractivity contribution is -0.117. The molecule has 8 heteroatoms. The van der Waals surface area contributed by atoms with E-state index in [4.69, 9.17) is 16.3 Å². The van der Waals surface area contributed by atoms with Crippen LogP contribution in [0.2, 0.25) is 5.02 Å². The number of ether oxygens (including phenoxy) is 1. The summed E-state index contributed by atoms with van der Waals surface area (Å²) < 4.78 is 31.4. The largest absolute Gasteiger partial charge is 0.495 e. The number of nitrogens with zero attached hydrogens (tertiary/aromatic N) is 1. The van der Waals surface area contributed by atoms with Crippen molar-refractivity contribution in [1.82, 2.24) is 0 Å². The lowest BCUT2D eigenvalue weighted by Gasteiger charge is -2.30. The molecule has 1 atom stereocenters. The lowest BCUT2D eigenvalue weighted by Crippen LogP contribution is -2.47. The van der Waals surface area contributed by atoms with Crippen molar-refractivity contribution in [2.24, 2.45) is 0 Å². The van der Waals surface area contributed by atoms with Gasteiger partial charge in [-0.15, -0.1) is 0 Å². The third-order valence-corrected chi connectivity index (χ3v) is 6.04. The number of carbonyl (C=O) groups excluding carboxylic acids is 1. The molecule has 2 aromatic rings. The van der Waals surface area contributed by atoms with E-state index in [1.807, 2.05) is 38.1 Å². The van der Waals surface area contributed by atoms with E-state index in [1.165, 1.54) is 13.2 Å². The van der Waals surface area contributed by atoms with Gasteiger partial charge in [-0.2, -0.15) is 0 Å². The SMILES string of the molecule is CC[C@H](C(=O)Nc1ccccc1C(C)C)N(c1ccc(OC)c(Cl)c1)S(C)(=O)=O. The monoisotopic (exact) mass is 438 g/mol. The van der Waals surface area contributed by atoms with Gasteiger partial charge in [-0.1, -0.05) is 50.6 Å². The minimum absolute atomic E-state index is 0.206. The summed E-state index contributed by atoms with van der Waals surface area (Å²) in [5.74, 6) is 0.225. The number of amides is 1. The summed E-state index contributed by atoms with van der Waals surface area (Å²) in [6.07, 6.45) is 1.36. The van der Waals surface area contributed by atoms with Crippen molar-refractivity contribution < 1.29 is 17.9 Å². The van der Waals surface area contributed by atoms with Gasteiger partial charge in [0, 0.05) is 5.69 Å². The van der Waals surface area contributed by atoms with E-state index in [1.54, 1.807) is 19.1 Å². The maximum Gasteiger partial charge on any atom is 0.248 e. The van der Waals surface area contributed by atoms with Crippen LogP contribution in [0.4, 0.5) is 11.4 Å². The fourth-order valence-electron chi connectivity index (χ4n) is 3.18. The van der Waals surface area contributed by atoms with Crippen LogP contribution in [0.25, 0.3) is 0 Å². The van der Waals surface area contributed by atoms with E-state index < -0.39 is 22.0 Å². The second-order valence-electron chi connectivity index (χ2n) is 7.03. The fourth-order valence-corrected chi connectivity index (χ4v) is 4.64. The molecule has 0 radical (unpaired) electrons. The third kappa shape index (κ3) is 5.42. The van der Waals surface area contributed by atoms with Crippen molar-refractivity contribution in [3.05, 3.63) is 53.1 Å². The van der Waals surface area contributed by atoms with Crippen LogP contribution in [0.3, 0.4) is 0 Å². The highest BCUT2D eigenvalue weighted by atomic mass is 35.5. The summed E-state index contributed by atoms with van der Waals surface area (Å²) in [7, 11) is -2.28. The first kappa shape index (κ1) is 23.0. The maximum atomic E-state index is 13.1. The molecule has 2 aromatic carbocycles. The van der Waals surface area contributed by atoms with E-state index >= 15 is 0 Å². The van der Waals surface area contributed by atoms with Gasteiger partial charge in [0.15, 0.2) is 0 Å². The molecular weight excluding hydrogens is 412 g/mol. The number of anilines is 2. The number of halogens is 1. The molecule has 0 heterocycles. The highest BCUT2D eigenvalue weighted by molar-refractivity contribution is 7.92. The minimum atomic E-state index is -3.76. The van der Waals surface area contributed by atoms with Gasteiger partial charge in [0.05, 0.1) is 24.1 Å². The van der Waals surface area contributed by atoms with Gasteiger partial charge >= 0.3 is 0 Å². The molecule has 0 aliphatic rings. The van der Waals surface area contributed by atoms with Crippen LogP contribution < -0.4 is 14.4 Å². The summed E-state index contributed by atoms with van der Waals surface area (Å²) in [5.41, 5.74) is 1.96. The molecule has 0 fully saturated rings. The van der Waals surface area contributed by atoms with Crippen LogP contribution in [0, 0.1) is 0 Å². The number of rotatable bonds is 8. The molecule has 0 aromatic heterocycles. The van der Waals surface area contributed by atoms with Crippen molar-refractivity contribution in [1.29, 1.82) is 0 Å². The number of nitrogens with one attached hydrogen (secondary N) is 1. The zero-order valence-corrected chi connectivity index (χ0v) is 18.8. The highest BCUT2D eigenvalue weighted by Crippen LogP contribution is 2.32. The molecule has 6 nitrogen and oxygen atoms in total. The molecule has 0 aliphatic carbocycles. The van der Waals surface area contributed by atoms with Gasteiger partial charge in [0.2, 0.25) is 15.9 Å². The van der Waals surface area contributed by atoms with E-state index in [0.717, 1.165) is 16.1 Å². The van der Waals surface area contributed by atoms with E-state index in [0.29, 0.717) is 17.1 Å². The van der Waals surface area contributed by atoms with Crippen molar-refractivity contribution in [3.63, 3.8) is 0 Å². The predicted molar refractivity (Wildman–Crippen MR) is 119 cm³/mol. The van der Waals surface area contributed by atoms with Crippen LogP contribution in [0.15, 0.2) is 42.5 Å². The average Bonchev–Trinajstić information content (AvgIpc) is 2.65. The van der Waals surface area contributed by atoms with Crippen LogP contribution in [-0.2, 0) is 14.8 Å². The standard InChI is InChI=1S/C21H27ClN2O4S/c1-6-19(21(25)23-18-10-8-7-9-16(18)14(2)3)24(29(5,26)27)15-11-12-20(28-4)17(22)13-15/h7-14,19H,6H2,1-5H3,(H,23,25)/t19-/m1/s1. The molecule has 29 heavy (non-hydrogen) atoms. The topological polar surface area (TPSA) is 75.7 Å². The Labute approximate surface area is 177 Å².